The van der Waals surface area contributed by atoms with E-state index >= 15 is 0 Å². The second-order valence-corrected chi connectivity index (χ2v) is 6.93. The molecule has 27 heavy (non-hydrogen) atoms. The maximum Gasteiger partial charge on any atom is 0.258 e. The third-order valence-electron chi connectivity index (χ3n) is 4.64. The first-order valence-corrected chi connectivity index (χ1v) is 8.92. The molecule has 2 amide bonds. The fourth-order valence-corrected chi connectivity index (χ4v) is 3.40. The van der Waals surface area contributed by atoms with Crippen LogP contribution in [0.25, 0.3) is 0 Å². The smallest absolute Gasteiger partial charge is 0.258 e. The molecule has 1 atom stereocenters. The SMILES string of the molecule is CN(Cc1ccncc1)C(=O)[C@@H]1CCCN1C(=O)c1cc(Cl)c(O)cc1O. The minimum absolute atomic E-state index is 0.0331. The van der Waals surface area contributed by atoms with E-state index in [1.807, 2.05) is 12.1 Å². The van der Waals surface area contributed by atoms with Gasteiger partial charge in [0.2, 0.25) is 5.91 Å². The molecular weight excluding hydrogens is 370 g/mol. The van der Waals surface area contributed by atoms with Crippen LogP contribution in [-0.4, -0.2) is 56.4 Å². The summed E-state index contributed by atoms with van der Waals surface area (Å²) in [6, 6.07) is 5.30. The number of benzene rings is 1. The van der Waals surface area contributed by atoms with E-state index in [1.54, 1.807) is 24.3 Å². The first-order valence-electron chi connectivity index (χ1n) is 8.55. The first kappa shape index (κ1) is 19.0. The zero-order valence-electron chi connectivity index (χ0n) is 14.8. The van der Waals surface area contributed by atoms with Crippen LogP contribution in [0.4, 0.5) is 0 Å². The van der Waals surface area contributed by atoms with Crippen molar-refractivity contribution >= 4 is 23.4 Å². The van der Waals surface area contributed by atoms with E-state index in [0.29, 0.717) is 25.9 Å². The van der Waals surface area contributed by atoms with Gasteiger partial charge in [0.1, 0.15) is 17.5 Å². The van der Waals surface area contributed by atoms with Crippen LogP contribution in [0.5, 0.6) is 11.5 Å². The number of likely N-dealkylation sites (N-methyl/N-ethyl adjacent to an activating group) is 1. The number of carbonyl (C=O) groups is 2. The van der Waals surface area contributed by atoms with Crippen molar-refractivity contribution in [1.29, 1.82) is 0 Å². The van der Waals surface area contributed by atoms with Crippen molar-refractivity contribution in [2.24, 2.45) is 0 Å². The van der Waals surface area contributed by atoms with Gasteiger partial charge < -0.3 is 20.0 Å². The largest absolute Gasteiger partial charge is 0.507 e. The van der Waals surface area contributed by atoms with Crippen LogP contribution in [0.1, 0.15) is 28.8 Å². The molecule has 0 aliphatic carbocycles. The van der Waals surface area contributed by atoms with Gasteiger partial charge in [-0.25, -0.2) is 0 Å². The van der Waals surface area contributed by atoms with Crippen molar-refractivity contribution in [3.8, 4) is 11.5 Å². The molecule has 1 aromatic carbocycles. The standard InChI is InChI=1S/C19H20ClN3O4/c1-22(11-12-4-6-21-7-5-12)19(27)15-3-2-8-23(15)18(26)13-9-14(20)17(25)10-16(13)24/h4-7,9-10,15,24-25H,2-3,8,11H2,1H3/t15-/m0/s1. The van der Waals surface area contributed by atoms with Gasteiger partial charge in [-0.1, -0.05) is 11.6 Å². The maximum atomic E-state index is 12.9. The number of hydrogen-bond donors (Lipinski definition) is 2. The number of phenolic OH excluding ortho intramolecular Hbond substituents is 2. The molecule has 142 valence electrons. The Balaban J connectivity index is 1.77. The first-order chi connectivity index (χ1) is 12.9. The Bertz CT molecular complexity index is 860. The topological polar surface area (TPSA) is 94.0 Å². The number of pyridine rings is 1. The van der Waals surface area contributed by atoms with E-state index in [-0.39, 0.29) is 28.0 Å². The van der Waals surface area contributed by atoms with Crippen LogP contribution in [0, 0.1) is 0 Å². The molecule has 0 spiro atoms. The number of carbonyl (C=O) groups excluding carboxylic acids is 2. The number of aromatic nitrogens is 1. The molecule has 2 N–H and O–H groups in total. The van der Waals surface area contributed by atoms with E-state index in [2.05, 4.69) is 4.98 Å². The van der Waals surface area contributed by atoms with Crippen molar-refractivity contribution in [3.05, 3.63) is 52.8 Å². The number of rotatable bonds is 4. The highest BCUT2D eigenvalue weighted by atomic mass is 35.5. The quantitative estimate of drug-likeness (QED) is 0.837. The van der Waals surface area contributed by atoms with E-state index in [0.717, 1.165) is 11.6 Å². The molecule has 1 fully saturated rings. The summed E-state index contributed by atoms with van der Waals surface area (Å²) < 4.78 is 0. The molecule has 3 rings (SSSR count). The van der Waals surface area contributed by atoms with Crippen LogP contribution >= 0.6 is 11.6 Å². The lowest BCUT2D eigenvalue weighted by Crippen LogP contribution is -2.46. The summed E-state index contributed by atoms with van der Waals surface area (Å²) in [5.74, 6) is -1.33. The summed E-state index contributed by atoms with van der Waals surface area (Å²) in [6.07, 6.45) is 4.57. The lowest BCUT2D eigenvalue weighted by Gasteiger charge is -2.28. The number of aromatic hydroxyl groups is 2. The van der Waals surface area contributed by atoms with Crippen LogP contribution in [0.15, 0.2) is 36.7 Å². The van der Waals surface area contributed by atoms with Gasteiger partial charge in [-0.2, -0.15) is 0 Å². The Kier molecular flexibility index (Phi) is 5.51. The maximum absolute atomic E-state index is 12.9. The number of phenols is 2. The molecule has 1 aliphatic heterocycles. The molecule has 8 heteroatoms. The highest BCUT2D eigenvalue weighted by Crippen LogP contribution is 2.33. The Labute approximate surface area is 161 Å². The lowest BCUT2D eigenvalue weighted by atomic mass is 10.1. The van der Waals surface area contributed by atoms with Crippen LogP contribution in [0.2, 0.25) is 5.02 Å². The highest BCUT2D eigenvalue weighted by molar-refractivity contribution is 6.32. The number of hydrogen-bond acceptors (Lipinski definition) is 5. The molecule has 1 aromatic heterocycles. The molecule has 0 bridgehead atoms. The number of nitrogens with zero attached hydrogens (tertiary/aromatic N) is 3. The Morgan fingerprint density at radius 2 is 1.96 bits per heavy atom. The Morgan fingerprint density at radius 1 is 1.26 bits per heavy atom. The molecule has 0 saturated carbocycles. The molecule has 1 saturated heterocycles. The summed E-state index contributed by atoms with van der Waals surface area (Å²) >= 11 is 5.86. The van der Waals surface area contributed by atoms with Gasteiger partial charge in [-0.15, -0.1) is 0 Å². The van der Waals surface area contributed by atoms with Crippen molar-refractivity contribution in [3.63, 3.8) is 0 Å². The van der Waals surface area contributed by atoms with E-state index in [9.17, 15) is 19.8 Å². The molecule has 7 nitrogen and oxygen atoms in total. The fraction of sp³-hybridized carbons (Fsp3) is 0.316. The molecule has 1 aliphatic rings. The van der Waals surface area contributed by atoms with Gasteiger partial charge in [0.15, 0.2) is 0 Å². The number of halogens is 1. The summed E-state index contributed by atoms with van der Waals surface area (Å²) in [5.41, 5.74) is 0.911. The van der Waals surface area contributed by atoms with Crippen LogP contribution in [0.3, 0.4) is 0 Å². The van der Waals surface area contributed by atoms with Crippen molar-refractivity contribution in [2.45, 2.75) is 25.4 Å². The average molecular weight is 390 g/mol. The summed E-state index contributed by atoms with van der Waals surface area (Å²) in [4.78, 5) is 32.8. The van der Waals surface area contributed by atoms with Gasteiger partial charge in [0.25, 0.3) is 5.91 Å². The van der Waals surface area contributed by atoms with Gasteiger partial charge in [0.05, 0.1) is 10.6 Å². The van der Waals surface area contributed by atoms with Crippen molar-refractivity contribution in [2.75, 3.05) is 13.6 Å². The zero-order valence-corrected chi connectivity index (χ0v) is 15.6. The number of likely N-dealkylation sites (tertiary alicyclic amines) is 1. The van der Waals surface area contributed by atoms with Gasteiger partial charge in [0, 0.05) is 38.6 Å². The molecule has 2 aromatic rings. The molecular formula is C19H20ClN3O4. The normalized spacial score (nSPS) is 16.4. The molecule has 0 radical (unpaired) electrons. The zero-order chi connectivity index (χ0) is 19.6. The van der Waals surface area contributed by atoms with E-state index in [1.165, 1.54) is 11.0 Å². The predicted molar refractivity (Wildman–Crippen MR) is 99.6 cm³/mol. The summed E-state index contributed by atoms with van der Waals surface area (Å²) in [5, 5.41) is 19.5. The summed E-state index contributed by atoms with van der Waals surface area (Å²) in [6.45, 7) is 0.826. The fourth-order valence-electron chi connectivity index (χ4n) is 3.24. The summed E-state index contributed by atoms with van der Waals surface area (Å²) in [7, 11) is 1.69. The van der Waals surface area contributed by atoms with Gasteiger partial charge >= 0.3 is 0 Å². The van der Waals surface area contributed by atoms with Gasteiger partial charge in [-0.05, 0) is 36.6 Å². The molecule has 0 unspecified atom stereocenters. The predicted octanol–water partition coefficient (Wildman–Crippen LogP) is 2.41. The monoisotopic (exact) mass is 389 g/mol. The van der Waals surface area contributed by atoms with Crippen molar-refractivity contribution in [1.82, 2.24) is 14.8 Å². The second-order valence-electron chi connectivity index (χ2n) is 6.53. The Hall–Kier alpha value is -2.80. The van der Waals surface area contributed by atoms with E-state index < -0.39 is 11.9 Å². The minimum atomic E-state index is -0.601. The van der Waals surface area contributed by atoms with E-state index in [4.69, 9.17) is 11.6 Å². The number of amides is 2. The van der Waals surface area contributed by atoms with Crippen molar-refractivity contribution < 1.29 is 19.8 Å². The minimum Gasteiger partial charge on any atom is -0.507 e. The van der Waals surface area contributed by atoms with Gasteiger partial charge in [-0.3, -0.25) is 14.6 Å². The third kappa shape index (κ3) is 3.98. The third-order valence-corrected chi connectivity index (χ3v) is 4.94. The van der Waals surface area contributed by atoms with Crippen LogP contribution in [-0.2, 0) is 11.3 Å². The molecule has 2 heterocycles. The van der Waals surface area contributed by atoms with Crippen LogP contribution < -0.4 is 0 Å². The second kappa shape index (κ2) is 7.84. The average Bonchev–Trinajstić information content (AvgIpc) is 3.14. The highest BCUT2D eigenvalue weighted by Gasteiger charge is 2.37. The Morgan fingerprint density at radius 3 is 2.67 bits per heavy atom. The lowest BCUT2D eigenvalue weighted by molar-refractivity contribution is -0.134.